The summed E-state index contributed by atoms with van der Waals surface area (Å²) in [5, 5.41) is 11.1. The summed E-state index contributed by atoms with van der Waals surface area (Å²) in [6, 6.07) is 3.35. The van der Waals surface area contributed by atoms with Crippen molar-refractivity contribution in [1.82, 2.24) is 0 Å². The highest BCUT2D eigenvalue weighted by molar-refractivity contribution is 8.07. The summed E-state index contributed by atoms with van der Waals surface area (Å²) in [4.78, 5) is 0. The quantitative estimate of drug-likeness (QED) is 0.898. The molecule has 0 spiro atoms. The van der Waals surface area contributed by atoms with Crippen LogP contribution < -0.4 is 0 Å². The van der Waals surface area contributed by atoms with Crippen molar-refractivity contribution < 1.29 is 13.9 Å². The van der Waals surface area contributed by atoms with Crippen molar-refractivity contribution in [2.45, 2.75) is 35.7 Å². The number of rotatable bonds is 2. The molecular weight excluding hydrogens is 274 g/mol. The zero-order valence-electron chi connectivity index (χ0n) is 10.3. The van der Waals surface area contributed by atoms with Gasteiger partial charge in [-0.1, -0.05) is 19.9 Å². The molecule has 1 fully saturated rings. The third-order valence-corrected chi connectivity index (χ3v) is 6.69. The van der Waals surface area contributed by atoms with Crippen molar-refractivity contribution >= 4 is 23.5 Å². The van der Waals surface area contributed by atoms with Gasteiger partial charge in [-0.05, 0) is 6.07 Å². The molecule has 0 aliphatic carbocycles. The Bertz CT molecular complexity index is 427. The van der Waals surface area contributed by atoms with E-state index in [1.165, 1.54) is 12.1 Å². The van der Waals surface area contributed by atoms with Crippen LogP contribution in [0.4, 0.5) is 8.78 Å². The number of hydrogen-bond acceptors (Lipinski definition) is 3. The highest BCUT2D eigenvalue weighted by Crippen LogP contribution is 2.41. The van der Waals surface area contributed by atoms with Gasteiger partial charge in [-0.25, -0.2) is 8.78 Å². The molecule has 0 aromatic heterocycles. The molecule has 1 aliphatic rings. The van der Waals surface area contributed by atoms with Crippen LogP contribution in [0.15, 0.2) is 18.2 Å². The Morgan fingerprint density at radius 2 is 2.00 bits per heavy atom. The summed E-state index contributed by atoms with van der Waals surface area (Å²) >= 11 is 3.47. The topological polar surface area (TPSA) is 20.2 Å². The Kier molecular flexibility index (Phi) is 4.56. The van der Waals surface area contributed by atoms with Gasteiger partial charge in [0.25, 0.3) is 0 Å². The van der Waals surface area contributed by atoms with Gasteiger partial charge in [-0.3, -0.25) is 0 Å². The number of aliphatic hydroxyl groups excluding tert-OH is 1. The zero-order chi connectivity index (χ0) is 13.3. The van der Waals surface area contributed by atoms with Gasteiger partial charge in [0.15, 0.2) is 0 Å². The summed E-state index contributed by atoms with van der Waals surface area (Å²) in [6.45, 7) is 4.27. The molecule has 0 saturated carbocycles. The third-order valence-electron chi connectivity index (χ3n) is 3.21. The molecule has 1 aromatic carbocycles. The first-order valence-corrected chi connectivity index (χ1v) is 7.88. The van der Waals surface area contributed by atoms with E-state index in [1.54, 1.807) is 23.5 Å². The fraction of sp³-hybridized carbons (Fsp3) is 0.538. The van der Waals surface area contributed by atoms with E-state index in [2.05, 4.69) is 13.8 Å². The minimum atomic E-state index is -0.877. The van der Waals surface area contributed by atoms with Crippen molar-refractivity contribution in [3.8, 4) is 0 Å². The molecule has 4 unspecified atom stereocenters. The second-order valence-electron chi connectivity index (χ2n) is 4.53. The fourth-order valence-corrected chi connectivity index (χ4v) is 4.91. The number of thioether (sulfide) groups is 2. The van der Waals surface area contributed by atoms with Crippen molar-refractivity contribution in [1.29, 1.82) is 0 Å². The number of hydrogen-bond donors (Lipinski definition) is 1. The van der Waals surface area contributed by atoms with Gasteiger partial charge in [0, 0.05) is 33.1 Å². The van der Waals surface area contributed by atoms with Crippen molar-refractivity contribution in [2.75, 3.05) is 5.75 Å². The van der Waals surface area contributed by atoms with E-state index < -0.39 is 17.7 Å². The molecule has 1 heterocycles. The Hall–Kier alpha value is -0.260. The Morgan fingerprint density at radius 1 is 1.28 bits per heavy atom. The third kappa shape index (κ3) is 3.00. The lowest BCUT2D eigenvalue weighted by atomic mass is 10.1. The van der Waals surface area contributed by atoms with Gasteiger partial charge in [0.1, 0.15) is 11.6 Å². The van der Waals surface area contributed by atoms with Crippen LogP contribution in [-0.2, 0) is 0 Å². The van der Waals surface area contributed by atoms with Crippen LogP contribution in [0, 0.1) is 11.6 Å². The average Bonchev–Trinajstić information content (AvgIpc) is 2.32. The Balaban J connectivity index is 2.13. The second kappa shape index (κ2) is 5.80. The Morgan fingerprint density at radius 3 is 2.61 bits per heavy atom. The second-order valence-corrected chi connectivity index (χ2v) is 7.56. The summed E-state index contributed by atoms with van der Waals surface area (Å²) in [5.41, 5.74) is 0.191. The van der Waals surface area contributed by atoms with Gasteiger partial charge < -0.3 is 5.11 Å². The van der Waals surface area contributed by atoms with Gasteiger partial charge >= 0.3 is 0 Å². The first kappa shape index (κ1) is 14.2. The minimum Gasteiger partial charge on any atom is -0.387 e. The maximum atomic E-state index is 13.6. The summed E-state index contributed by atoms with van der Waals surface area (Å²) < 4.78 is 26.4. The molecule has 4 atom stereocenters. The summed E-state index contributed by atoms with van der Waals surface area (Å²) in [7, 11) is 0. The maximum Gasteiger partial charge on any atom is 0.131 e. The highest BCUT2D eigenvalue weighted by atomic mass is 32.2. The van der Waals surface area contributed by atoms with E-state index in [0.717, 1.165) is 11.8 Å². The standard InChI is InChI=1S/C13H16F2OS2/c1-7-8(2)18-12(6-17-7)13(16)10-4-3-9(14)5-11(10)15/h3-5,7-8,12-13,16H,6H2,1-2H3. The van der Waals surface area contributed by atoms with Crippen LogP contribution in [0.2, 0.25) is 0 Å². The van der Waals surface area contributed by atoms with E-state index >= 15 is 0 Å². The molecule has 0 bridgehead atoms. The van der Waals surface area contributed by atoms with Crippen LogP contribution >= 0.6 is 23.5 Å². The average molecular weight is 290 g/mol. The number of aliphatic hydroxyl groups is 1. The lowest BCUT2D eigenvalue weighted by Gasteiger charge is -2.34. The van der Waals surface area contributed by atoms with E-state index in [4.69, 9.17) is 0 Å². The molecule has 1 N–H and O–H groups in total. The largest absolute Gasteiger partial charge is 0.387 e. The molecule has 2 rings (SSSR count). The van der Waals surface area contributed by atoms with Gasteiger partial charge in [0.2, 0.25) is 0 Å². The van der Waals surface area contributed by atoms with Crippen LogP contribution in [0.3, 0.4) is 0 Å². The van der Waals surface area contributed by atoms with E-state index in [0.29, 0.717) is 10.5 Å². The lowest BCUT2D eigenvalue weighted by Crippen LogP contribution is -2.30. The van der Waals surface area contributed by atoms with Crippen LogP contribution in [0.1, 0.15) is 25.5 Å². The number of benzene rings is 1. The summed E-state index contributed by atoms with van der Waals surface area (Å²) in [6.07, 6.45) is -0.877. The molecule has 0 amide bonds. The first-order valence-electron chi connectivity index (χ1n) is 5.89. The van der Waals surface area contributed by atoms with Gasteiger partial charge in [-0.2, -0.15) is 23.5 Å². The molecule has 1 aliphatic heterocycles. The molecular formula is C13H16F2OS2. The van der Waals surface area contributed by atoms with E-state index in [9.17, 15) is 13.9 Å². The van der Waals surface area contributed by atoms with Crippen molar-refractivity contribution in [3.63, 3.8) is 0 Å². The van der Waals surface area contributed by atoms with Gasteiger partial charge in [0.05, 0.1) is 6.10 Å². The summed E-state index contributed by atoms with van der Waals surface area (Å²) in [5.74, 6) is -0.496. The first-order chi connectivity index (χ1) is 8.49. The molecule has 18 heavy (non-hydrogen) atoms. The molecule has 0 radical (unpaired) electrons. The predicted octanol–water partition coefficient (Wildman–Crippen LogP) is 3.62. The molecule has 100 valence electrons. The fourth-order valence-electron chi connectivity index (χ4n) is 1.91. The predicted molar refractivity (Wildman–Crippen MR) is 74.1 cm³/mol. The zero-order valence-corrected chi connectivity index (χ0v) is 11.9. The van der Waals surface area contributed by atoms with Gasteiger partial charge in [-0.15, -0.1) is 0 Å². The monoisotopic (exact) mass is 290 g/mol. The normalized spacial score (nSPS) is 30.2. The molecule has 1 saturated heterocycles. The molecule has 1 aromatic rings. The smallest absolute Gasteiger partial charge is 0.131 e. The van der Waals surface area contributed by atoms with Crippen LogP contribution in [0.5, 0.6) is 0 Å². The maximum absolute atomic E-state index is 13.6. The van der Waals surface area contributed by atoms with Crippen LogP contribution in [0.25, 0.3) is 0 Å². The number of halogens is 2. The molecule has 5 heteroatoms. The minimum absolute atomic E-state index is 0.0406. The van der Waals surface area contributed by atoms with E-state index in [-0.39, 0.29) is 10.8 Å². The van der Waals surface area contributed by atoms with E-state index in [1.807, 2.05) is 0 Å². The Labute approximate surface area is 114 Å². The van der Waals surface area contributed by atoms with Crippen LogP contribution in [-0.4, -0.2) is 26.6 Å². The lowest BCUT2D eigenvalue weighted by molar-refractivity contribution is 0.175. The molecule has 1 nitrogen and oxygen atoms in total. The van der Waals surface area contributed by atoms with Crippen molar-refractivity contribution in [3.05, 3.63) is 35.4 Å². The van der Waals surface area contributed by atoms with Crippen molar-refractivity contribution in [2.24, 2.45) is 0 Å². The highest BCUT2D eigenvalue weighted by Gasteiger charge is 2.32. The SMILES string of the molecule is CC1SCC(C(O)c2ccc(F)cc2F)SC1C.